The lowest BCUT2D eigenvalue weighted by Crippen LogP contribution is -2.42. The number of rotatable bonds is 3. The first-order valence-electron chi connectivity index (χ1n) is 7.49. The normalized spacial score (nSPS) is 21.8. The van der Waals surface area contributed by atoms with Crippen molar-refractivity contribution in [1.82, 2.24) is 9.88 Å². The summed E-state index contributed by atoms with van der Waals surface area (Å²) in [6.07, 6.45) is 5.89. The second-order valence-electron chi connectivity index (χ2n) is 6.20. The summed E-state index contributed by atoms with van der Waals surface area (Å²) >= 11 is 0. The maximum Gasteiger partial charge on any atom is 0.228 e. The Morgan fingerprint density at radius 1 is 1.45 bits per heavy atom. The van der Waals surface area contributed by atoms with E-state index in [2.05, 4.69) is 4.98 Å². The van der Waals surface area contributed by atoms with Crippen LogP contribution in [0.5, 0.6) is 0 Å². The summed E-state index contributed by atoms with van der Waals surface area (Å²) in [5.41, 5.74) is 1.55. The molecule has 1 aliphatic carbocycles. The van der Waals surface area contributed by atoms with Crippen LogP contribution < -0.4 is 0 Å². The van der Waals surface area contributed by atoms with Crippen molar-refractivity contribution in [2.45, 2.75) is 44.6 Å². The Bertz CT molecular complexity index is 503. The van der Waals surface area contributed by atoms with Crippen molar-refractivity contribution in [2.75, 3.05) is 13.1 Å². The van der Waals surface area contributed by atoms with E-state index in [1.165, 1.54) is 0 Å². The summed E-state index contributed by atoms with van der Waals surface area (Å²) in [4.78, 5) is 18.5. The van der Waals surface area contributed by atoms with Crippen LogP contribution >= 0.6 is 0 Å². The van der Waals surface area contributed by atoms with E-state index in [1.54, 1.807) is 6.20 Å². The van der Waals surface area contributed by atoms with Crippen molar-refractivity contribution in [3.8, 4) is 0 Å². The molecule has 108 valence electrons. The molecule has 0 aromatic carbocycles. The molecule has 4 nitrogen and oxygen atoms in total. The zero-order valence-corrected chi connectivity index (χ0v) is 12.0. The monoisotopic (exact) mass is 274 g/mol. The molecule has 2 heterocycles. The Labute approximate surface area is 119 Å². The number of likely N-dealkylation sites (tertiary alicyclic amines) is 1. The molecular weight excluding hydrogens is 252 g/mol. The van der Waals surface area contributed by atoms with Crippen molar-refractivity contribution >= 4 is 5.91 Å². The molecule has 1 N–H and O–H groups in total. The molecule has 1 aliphatic heterocycles. The van der Waals surface area contributed by atoms with Gasteiger partial charge < -0.3 is 10.0 Å². The summed E-state index contributed by atoms with van der Waals surface area (Å²) in [5, 5.41) is 10.1. The lowest BCUT2D eigenvalue weighted by Gasteiger charge is -2.34. The largest absolute Gasteiger partial charge is 0.390 e. The predicted molar refractivity (Wildman–Crippen MR) is 76.2 cm³/mol. The molecule has 0 radical (unpaired) electrons. The summed E-state index contributed by atoms with van der Waals surface area (Å²) in [6, 6.07) is 3.88. The van der Waals surface area contributed by atoms with E-state index in [1.807, 2.05) is 24.0 Å². The fourth-order valence-electron chi connectivity index (χ4n) is 3.16. The third-order valence-electron chi connectivity index (χ3n) is 4.81. The van der Waals surface area contributed by atoms with Crippen LogP contribution in [0.4, 0.5) is 0 Å². The van der Waals surface area contributed by atoms with Crippen molar-refractivity contribution < 1.29 is 9.90 Å². The number of carbonyl (C=O) groups is 1. The summed E-state index contributed by atoms with van der Waals surface area (Å²) in [5.74, 6) is 0.552. The zero-order chi connectivity index (χ0) is 14.2. The van der Waals surface area contributed by atoms with Crippen LogP contribution in [-0.4, -0.2) is 39.6 Å². The van der Waals surface area contributed by atoms with E-state index < -0.39 is 5.60 Å². The summed E-state index contributed by atoms with van der Waals surface area (Å²) < 4.78 is 0. The van der Waals surface area contributed by atoms with Crippen LogP contribution in [0.3, 0.4) is 0 Å². The van der Waals surface area contributed by atoms with Gasteiger partial charge in [0.25, 0.3) is 0 Å². The molecule has 4 heteroatoms. The highest BCUT2D eigenvalue weighted by molar-refractivity contribution is 5.78. The van der Waals surface area contributed by atoms with Gasteiger partial charge in [0.05, 0.1) is 17.7 Å². The summed E-state index contributed by atoms with van der Waals surface area (Å²) in [7, 11) is 0. The van der Waals surface area contributed by atoms with E-state index in [0.29, 0.717) is 12.3 Å². The molecule has 1 aromatic heterocycles. The summed E-state index contributed by atoms with van der Waals surface area (Å²) in [6.45, 7) is 3.54. The van der Waals surface area contributed by atoms with Gasteiger partial charge >= 0.3 is 0 Å². The highest BCUT2D eigenvalue weighted by Gasteiger charge is 2.48. The van der Waals surface area contributed by atoms with Gasteiger partial charge in [-0.3, -0.25) is 9.78 Å². The Hall–Kier alpha value is -1.42. The Morgan fingerprint density at radius 3 is 2.75 bits per heavy atom. The lowest BCUT2D eigenvalue weighted by atomic mass is 9.89. The fraction of sp³-hybridized carbons (Fsp3) is 0.625. The van der Waals surface area contributed by atoms with Gasteiger partial charge in [-0.2, -0.15) is 0 Å². The van der Waals surface area contributed by atoms with Crippen LogP contribution in [0.1, 0.15) is 36.9 Å². The first kappa shape index (κ1) is 13.6. The topological polar surface area (TPSA) is 53.4 Å². The number of carbonyl (C=O) groups excluding carboxylic acids is 1. The van der Waals surface area contributed by atoms with Crippen molar-refractivity contribution in [2.24, 2.45) is 5.92 Å². The average Bonchev–Trinajstić information content (AvgIpc) is 3.21. The molecule has 0 spiro atoms. The number of aliphatic hydroxyl groups is 1. The van der Waals surface area contributed by atoms with Crippen LogP contribution in [0.2, 0.25) is 0 Å². The van der Waals surface area contributed by atoms with Crippen LogP contribution in [0.25, 0.3) is 0 Å². The van der Waals surface area contributed by atoms with Gasteiger partial charge in [0, 0.05) is 19.3 Å². The van der Waals surface area contributed by atoms with Gasteiger partial charge in [-0.25, -0.2) is 0 Å². The minimum atomic E-state index is -0.396. The van der Waals surface area contributed by atoms with E-state index in [9.17, 15) is 9.90 Å². The first-order valence-corrected chi connectivity index (χ1v) is 7.49. The molecule has 0 unspecified atom stereocenters. The van der Waals surface area contributed by atoms with Gasteiger partial charge in [0.15, 0.2) is 0 Å². The molecule has 1 saturated heterocycles. The number of pyridine rings is 1. The van der Waals surface area contributed by atoms with Crippen molar-refractivity contribution in [3.63, 3.8) is 0 Å². The number of piperidine rings is 1. The second kappa shape index (κ2) is 5.17. The molecule has 2 aliphatic rings. The molecule has 20 heavy (non-hydrogen) atoms. The molecule has 1 amide bonds. The first-order chi connectivity index (χ1) is 9.58. The fourth-order valence-corrected chi connectivity index (χ4v) is 3.16. The van der Waals surface area contributed by atoms with Gasteiger partial charge in [-0.05, 0) is 50.2 Å². The molecule has 3 rings (SSSR count). The molecule has 0 atom stereocenters. The maximum absolute atomic E-state index is 12.3. The van der Waals surface area contributed by atoms with Gasteiger partial charge in [0.1, 0.15) is 0 Å². The molecule has 0 bridgehead atoms. The van der Waals surface area contributed by atoms with Crippen molar-refractivity contribution in [1.29, 1.82) is 0 Å². The lowest BCUT2D eigenvalue weighted by molar-refractivity contribution is -0.132. The van der Waals surface area contributed by atoms with Crippen LogP contribution in [0, 0.1) is 12.8 Å². The minimum Gasteiger partial charge on any atom is -0.390 e. The third-order valence-corrected chi connectivity index (χ3v) is 4.81. The average molecular weight is 274 g/mol. The minimum absolute atomic E-state index is 0.160. The Morgan fingerprint density at radius 2 is 2.15 bits per heavy atom. The number of amides is 1. The van der Waals surface area contributed by atoms with E-state index >= 15 is 0 Å². The highest BCUT2D eigenvalue weighted by Crippen LogP contribution is 2.46. The van der Waals surface area contributed by atoms with E-state index in [0.717, 1.165) is 50.0 Å². The highest BCUT2D eigenvalue weighted by atomic mass is 16.3. The van der Waals surface area contributed by atoms with Crippen LogP contribution in [0.15, 0.2) is 18.3 Å². The van der Waals surface area contributed by atoms with Crippen LogP contribution in [-0.2, 0) is 11.2 Å². The number of aryl methyl sites for hydroxylation is 1. The number of hydrogen-bond donors (Lipinski definition) is 1. The van der Waals surface area contributed by atoms with Gasteiger partial charge in [0.2, 0.25) is 5.91 Å². The molecular formula is C16H22N2O2. The molecule has 1 saturated carbocycles. The number of aromatic nitrogens is 1. The standard InChI is InChI=1S/C16H22N2O2/c1-12-3-2-8-17-14(12)11-15(19)18-9-4-13(5-10-18)16(20)6-7-16/h2-3,8,13,20H,4-7,9-11H2,1H3. The quantitative estimate of drug-likeness (QED) is 0.912. The Kier molecular flexibility index (Phi) is 3.50. The molecule has 2 fully saturated rings. The number of hydrogen-bond acceptors (Lipinski definition) is 3. The number of nitrogens with zero attached hydrogens (tertiary/aromatic N) is 2. The molecule has 1 aromatic rings. The zero-order valence-electron chi connectivity index (χ0n) is 12.0. The van der Waals surface area contributed by atoms with Crippen molar-refractivity contribution in [3.05, 3.63) is 29.6 Å². The van der Waals surface area contributed by atoms with E-state index in [4.69, 9.17) is 0 Å². The van der Waals surface area contributed by atoms with Gasteiger partial charge in [-0.15, -0.1) is 0 Å². The third kappa shape index (κ3) is 2.70. The predicted octanol–water partition coefficient (Wildman–Crippen LogP) is 1.70. The van der Waals surface area contributed by atoms with Gasteiger partial charge in [-0.1, -0.05) is 6.07 Å². The smallest absolute Gasteiger partial charge is 0.228 e. The maximum atomic E-state index is 12.3. The Balaban J connectivity index is 1.55. The van der Waals surface area contributed by atoms with E-state index in [-0.39, 0.29) is 5.91 Å². The second-order valence-corrected chi connectivity index (χ2v) is 6.20. The SMILES string of the molecule is Cc1cccnc1CC(=O)N1CCC(C2(O)CC2)CC1.